The van der Waals surface area contributed by atoms with Crippen molar-refractivity contribution in [3.63, 3.8) is 0 Å². The van der Waals surface area contributed by atoms with Gasteiger partial charge < -0.3 is 5.32 Å². The first-order valence-corrected chi connectivity index (χ1v) is 22.1. The van der Waals surface area contributed by atoms with Gasteiger partial charge in [-0.25, -0.2) is 0 Å². The van der Waals surface area contributed by atoms with E-state index >= 15 is 0 Å². The van der Waals surface area contributed by atoms with Gasteiger partial charge in [0.1, 0.15) is 0 Å². The fraction of sp³-hybridized carbons (Fsp3) is 1.00. The predicted molar refractivity (Wildman–Crippen MR) is 204 cm³/mol. The van der Waals surface area contributed by atoms with Crippen molar-refractivity contribution < 1.29 is 0 Å². The third kappa shape index (κ3) is 11.0. The van der Waals surface area contributed by atoms with Crippen molar-refractivity contribution in [2.45, 2.75) is 221 Å². The Kier molecular flexibility index (Phi) is 17.3. The molecule has 0 saturated heterocycles. The zero-order valence-corrected chi connectivity index (χ0v) is 32.5. The number of hydrogen-bond donors (Lipinski definition) is 1. The monoisotopic (exact) mass is 640 g/mol. The molecule has 4 aliphatic carbocycles. The van der Waals surface area contributed by atoms with Gasteiger partial charge in [-0.1, -0.05) is 157 Å². The zero-order chi connectivity index (χ0) is 32.7. The molecule has 1 heteroatoms. The summed E-state index contributed by atoms with van der Waals surface area (Å²) < 4.78 is 0. The fourth-order valence-electron chi connectivity index (χ4n) is 12.5. The van der Waals surface area contributed by atoms with Crippen molar-refractivity contribution in [1.29, 1.82) is 0 Å². The molecule has 4 saturated carbocycles. The van der Waals surface area contributed by atoms with Crippen LogP contribution in [0.25, 0.3) is 0 Å². The van der Waals surface area contributed by atoms with Gasteiger partial charge in [-0.05, 0) is 130 Å². The van der Waals surface area contributed by atoms with Crippen LogP contribution in [-0.4, -0.2) is 13.1 Å². The minimum atomic E-state index is 0.651. The first-order valence-electron chi connectivity index (χ1n) is 22.1. The minimum Gasteiger partial charge on any atom is -0.316 e. The molecule has 0 heterocycles. The highest BCUT2D eigenvalue weighted by Crippen LogP contribution is 2.68. The summed E-state index contributed by atoms with van der Waals surface area (Å²) in [5.41, 5.74) is 1.35. The molecule has 1 N–H and O–H groups in total. The molecule has 9 atom stereocenters. The van der Waals surface area contributed by atoms with Crippen LogP contribution in [0.15, 0.2) is 0 Å². The number of rotatable bonds is 24. The molecular weight excluding hydrogens is 555 g/mol. The third-order valence-electron chi connectivity index (χ3n) is 15.4. The van der Waals surface area contributed by atoms with Crippen molar-refractivity contribution in [3.05, 3.63) is 0 Å². The van der Waals surface area contributed by atoms with Crippen molar-refractivity contribution in [2.75, 3.05) is 13.1 Å². The smallest absolute Gasteiger partial charge is 0.00232 e. The largest absolute Gasteiger partial charge is 0.316 e. The Morgan fingerprint density at radius 1 is 0.565 bits per heavy atom. The lowest BCUT2D eigenvalue weighted by atomic mass is 9.44. The summed E-state index contributed by atoms with van der Waals surface area (Å²) in [4.78, 5) is 0. The van der Waals surface area contributed by atoms with Gasteiger partial charge in [0, 0.05) is 0 Å². The normalized spacial score (nSPS) is 33.7. The van der Waals surface area contributed by atoms with Crippen LogP contribution in [0.3, 0.4) is 0 Å². The molecule has 0 aromatic carbocycles. The Bertz CT molecular complexity index is 790. The lowest BCUT2D eigenvalue weighted by Gasteiger charge is -2.61. The molecule has 46 heavy (non-hydrogen) atoms. The van der Waals surface area contributed by atoms with Crippen LogP contribution in [0.2, 0.25) is 0 Å². The van der Waals surface area contributed by atoms with E-state index in [9.17, 15) is 0 Å². The molecule has 0 amide bonds. The van der Waals surface area contributed by atoms with Crippen LogP contribution >= 0.6 is 0 Å². The third-order valence-corrected chi connectivity index (χ3v) is 15.4. The van der Waals surface area contributed by atoms with Crippen LogP contribution in [0.1, 0.15) is 221 Å². The Hall–Kier alpha value is -0.0400. The topological polar surface area (TPSA) is 12.0 Å². The Morgan fingerprint density at radius 3 is 1.83 bits per heavy atom. The van der Waals surface area contributed by atoms with Gasteiger partial charge in [0.2, 0.25) is 0 Å². The lowest BCUT2D eigenvalue weighted by Crippen LogP contribution is -2.53. The molecule has 270 valence electrons. The summed E-state index contributed by atoms with van der Waals surface area (Å²) in [5.74, 6) is 7.00. The summed E-state index contributed by atoms with van der Waals surface area (Å²) in [6, 6.07) is 0. The summed E-state index contributed by atoms with van der Waals surface area (Å²) in [7, 11) is 0. The van der Waals surface area contributed by atoms with Crippen LogP contribution in [0, 0.1) is 52.3 Å². The Morgan fingerprint density at radius 2 is 1.17 bits per heavy atom. The van der Waals surface area contributed by atoms with Gasteiger partial charge >= 0.3 is 0 Å². The van der Waals surface area contributed by atoms with Crippen molar-refractivity contribution in [2.24, 2.45) is 52.3 Å². The molecule has 0 aliphatic heterocycles. The molecule has 2 unspecified atom stereocenters. The highest BCUT2D eigenvalue weighted by molar-refractivity contribution is 5.09. The lowest BCUT2D eigenvalue weighted by molar-refractivity contribution is -0.114. The molecule has 4 aliphatic rings. The van der Waals surface area contributed by atoms with E-state index in [0.29, 0.717) is 10.8 Å². The maximum atomic E-state index is 3.82. The Balaban J connectivity index is 0.972. The van der Waals surface area contributed by atoms with Gasteiger partial charge in [-0.15, -0.1) is 0 Å². The average Bonchev–Trinajstić information content (AvgIpc) is 3.41. The Labute approximate surface area is 290 Å². The first-order chi connectivity index (χ1) is 22.4. The van der Waals surface area contributed by atoms with E-state index in [0.717, 1.165) is 41.4 Å². The van der Waals surface area contributed by atoms with Crippen molar-refractivity contribution >= 4 is 0 Å². The van der Waals surface area contributed by atoms with Crippen LogP contribution in [0.5, 0.6) is 0 Å². The maximum absolute atomic E-state index is 3.82. The second-order valence-corrected chi connectivity index (χ2v) is 18.7. The van der Waals surface area contributed by atoms with Gasteiger partial charge in [0.05, 0.1) is 0 Å². The number of nitrogens with one attached hydrogen (secondary N) is 1. The van der Waals surface area contributed by atoms with E-state index in [4.69, 9.17) is 0 Å². The maximum Gasteiger partial charge on any atom is -0.00232 e. The number of hydrogen-bond acceptors (Lipinski definition) is 1. The summed E-state index contributed by atoms with van der Waals surface area (Å²) in [6.07, 6.45) is 43.2. The van der Waals surface area contributed by atoms with E-state index in [1.807, 2.05) is 0 Å². The average molecular weight is 640 g/mol. The summed E-state index contributed by atoms with van der Waals surface area (Å²) >= 11 is 0. The minimum absolute atomic E-state index is 0.651. The molecule has 1 nitrogen and oxygen atoms in total. The van der Waals surface area contributed by atoms with E-state index in [1.165, 1.54) is 148 Å². The van der Waals surface area contributed by atoms with Crippen molar-refractivity contribution in [1.82, 2.24) is 5.32 Å². The van der Waals surface area contributed by atoms with E-state index in [2.05, 4.69) is 39.9 Å². The van der Waals surface area contributed by atoms with Gasteiger partial charge in [0.25, 0.3) is 0 Å². The quantitative estimate of drug-likeness (QED) is 0.104. The fourth-order valence-corrected chi connectivity index (χ4v) is 12.5. The van der Waals surface area contributed by atoms with Crippen LogP contribution < -0.4 is 5.32 Å². The van der Waals surface area contributed by atoms with Gasteiger partial charge in [0.15, 0.2) is 0 Å². The molecule has 0 spiro atoms. The molecule has 4 fully saturated rings. The SMILES string of the molecule is CCCCCCCCCCCCCCCCCCNCC(C)CCC[C@@H](C)[C@H]1CC[C@H]2[C@@H]3CCC4CCCC[C@]4(C)[C@H]3CC[C@]12C. The first kappa shape index (κ1) is 38.8. The van der Waals surface area contributed by atoms with Gasteiger partial charge in [-0.3, -0.25) is 0 Å². The van der Waals surface area contributed by atoms with Crippen LogP contribution in [-0.2, 0) is 0 Å². The molecular formula is C45H85N. The predicted octanol–water partition coefficient (Wildman–Crippen LogP) is 14.3. The molecule has 0 radical (unpaired) electrons. The van der Waals surface area contributed by atoms with E-state index in [1.54, 1.807) is 51.4 Å². The number of fused-ring (bicyclic) bond motifs is 5. The molecule has 0 aromatic heterocycles. The second-order valence-electron chi connectivity index (χ2n) is 18.7. The molecule has 0 aromatic rings. The summed E-state index contributed by atoms with van der Waals surface area (Å²) in [5, 5.41) is 3.82. The molecule has 0 bridgehead atoms. The molecule has 4 rings (SSSR count). The summed E-state index contributed by atoms with van der Waals surface area (Å²) in [6.45, 7) is 15.5. The highest BCUT2D eigenvalue weighted by atomic mass is 14.8. The number of unbranched alkanes of at least 4 members (excludes halogenated alkanes) is 15. The van der Waals surface area contributed by atoms with E-state index in [-0.39, 0.29) is 0 Å². The van der Waals surface area contributed by atoms with E-state index < -0.39 is 0 Å². The zero-order valence-electron chi connectivity index (χ0n) is 32.5. The van der Waals surface area contributed by atoms with Gasteiger partial charge in [-0.2, -0.15) is 0 Å². The standard InChI is InChI=1S/C45H85N/c1-6-7-8-9-10-11-12-13-14-15-16-17-18-19-20-23-35-46-36-37(2)25-24-26-38(3)41-30-31-42-40-29-28-39-27-21-22-33-44(39,4)43(40)32-34-45(41,42)5/h37-43,46H,6-36H2,1-5H3/t37?,38-,39?,40+,41-,42+,43+,44+,45-/m1/s1. The highest BCUT2D eigenvalue weighted by Gasteiger charge is 2.60. The van der Waals surface area contributed by atoms with Crippen LogP contribution in [0.4, 0.5) is 0 Å². The second kappa shape index (κ2) is 20.6. The van der Waals surface area contributed by atoms with Crippen molar-refractivity contribution in [3.8, 4) is 0 Å².